The van der Waals surface area contributed by atoms with Crippen LogP contribution in [0.3, 0.4) is 0 Å². The Labute approximate surface area is 165 Å². The number of halogens is 1. The average molecular weight is 440 g/mol. The average Bonchev–Trinajstić information content (AvgIpc) is 2.47. The summed E-state index contributed by atoms with van der Waals surface area (Å²) in [7, 11) is 4.76. The Kier molecular flexibility index (Phi) is 21.4. The third-order valence-corrected chi connectivity index (χ3v) is 4.95. The summed E-state index contributed by atoms with van der Waals surface area (Å²) in [5.41, 5.74) is 0. The van der Waals surface area contributed by atoms with Gasteiger partial charge in [0.25, 0.3) is 0 Å². The monoisotopic (exact) mass is 439 g/mol. The Morgan fingerprint density at radius 3 is 1.13 bits per heavy atom. The second-order valence-electron chi connectivity index (χ2n) is 7.98. The van der Waals surface area contributed by atoms with Crippen LogP contribution in [0.15, 0.2) is 0 Å². The van der Waals surface area contributed by atoms with Gasteiger partial charge < -0.3 is 28.5 Å². The Balaban J connectivity index is 0. The minimum atomic E-state index is 0. The third-order valence-electron chi connectivity index (χ3n) is 4.95. The number of unbranched alkanes of at least 4 members (excludes halogenated alkanes) is 13. The van der Waals surface area contributed by atoms with E-state index in [0.717, 1.165) is 0 Å². The van der Waals surface area contributed by atoms with Crippen LogP contribution >= 0.6 is 0 Å². The fraction of sp³-hybridized carbons (Fsp3) is 1.00. The van der Waals surface area contributed by atoms with Gasteiger partial charge in [0.1, 0.15) is 0 Å². The second-order valence-corrected chi connectivity index (χ2v) is 7.98. The minimum absolute atomic E-state index is 0. The normalized spacial score (nSPS) is 11.5. The van der Waals surface area contributed by atoms with E-state index in [2.05, 4.69) is 27.9 Å². The van der Waals surface area contributed by atoms with E-state index in [1.807, 2.05) is 0 Å². The lowest BCUT2D eigenvalue weighted by Crippen LogP contribution is -3.00. The summed E-state index contributed by atoms with van der Waals surface area (Å²) in [6.07, 6.45) is 21.7. The first kappa shape index (κ1) is 25.9. The van der Waals surface area contributed by atoms with E-state index in [0.29, 0.717) is 0 Å². The molecule has 2 heteroatoms. The van der Waals surface area contributed by atoms with E-state index in [1.54, 1.807) is 0 Å². The van der Waals surface area contributed by atoms with Crippen molar-refractivity contribution in [2.45, 2.75) is 110 Å². The molecule has 0 aliphatic rings. The van der Waals surface area contributed by atoms with Gasteiger partial charge in [-0.1, -0.05) is 90.9 Å². The SMILES string of the molecule is CCCCCCCCCCCCCCCC[N+](C)(C)CCC.[I-]. The van der Waals surface area contributed by atoms with Crippen molar-refractivity contribution in [1.82, 2.24) is 0 Å². The quantitative estimate of drug-likeness (QED) is 0.183. The van der Waals surface area contributed by atoms with Crippen molar-refractivity contribution in [3.63, 3.8) is 0 Å². The lowest BCUT2D eigenvalue weighted by Gasteiger charge is -2.29. The summed E-state index contributed by atoms with van der Waals surface area (Å²) in [5.74, 6) is 0. The molecule has 0 heterocycles. The van der Waals surface area contributed by atoms with Gasteiger partial charge in [0, 0.05) is 0 Å². The van der Waals surface area contributed by atoms with Crippen molar-refractivity contribution in [2.75, 3.05) is 27.2 Å². The molecule has 0 rings (SSSR count). The van der Waals surface area contributed by atoms with Crippen LogP contribution in [0.4, 0.5) is 0 Å². The number of hydrogen-bond acceptors (Lipinski definition) is 0. The van der Waals surface area contributed by atoms with E-state index in [4.69, 9.17) is 0 Å². The van der Waals surface area contributed by atoms with E-state index in [1.165, 1.54) is 114 Å². The summed E-state index contributed by atoms with van der Waals surface area (Å²) in [6, 6.07) is 0. The molecule has 0 aliphatic carbocycles. The van der Waals surface area contributed by atoms with E-state index >= 15 is 0 Å². The van der Waals surface area contributed by atoms with Crippen molar-refractivity contribution in [3.8, 4) is 0 Å². The van der Waals surface area contributed by atoms with Crippen LogP contribution in [0.1, 0.15) is 110 Å². The zero-order valence-corrected chi connectivity index (χ0v) is 19.0. The molecule has 23 heavy (non-hydrogen) atoms. The van der Waals surface area contributed by atoms with Crippen molar-refractivity contribution < 1.29 is 28.5 Å². The van der Waals surface area contributed by atoms with Crippen LogP contribution in [-0.2, 0) is 0 Å². The molecular weight excluding hydrogens is 393 g/mol. The summed E-state index contributed by atoms with van der Waals surface area (Å²) in [5, 5.41) is 0. The molecule has 0 aromatic rings. The molecule has 0 fully saturated rings. The molecule has 0 aromatic heterocycles. The van der Waals surface area contributed by atoms with Crippen molar-refractivity contribution in [3.05, 3.63) is 0 Å². The van der Waals surface area contributed by atoms with Gasteiger partial charge in [-0.25, -0.2) is 0 Å². The van der Waals surface area contributed by atoms with Gasteiger partial charge in [-0.05, 0) is 19.3 Å². The molecule has 0 saturated heterocycles. The van der Waals surface area contributed by atoms with E-state index < -0.39 is 0 Å². The Hall–Kier alpha value is 0.690. The molecule has 0 spiro atoms. The highest BCUT2D eigenvalue weighted by molar-refractivity contribution is 4.49. The van der Waals surface area contributed by atoms with Crippen LogP contribution in [-0.4, -0.2) is 31.7 Å². The number of nitrogens with zero attached hydrogens (tertiary/aromatic N) is 1. The first-order valence-electron chi connectivity index (χ1n) is 10.4. The van der Waals surface area contributed by atoms with Crippen LogP contribution in [0.2, 0.25) is 0 Å². The molecule has 0 atom stereocenters. The Bertz CT molecular complexity index is 216. The number of rotatable bonds is 17. The standard InChI is InChI=1S/C21H46N.HI/c1-5-7-8-9-10-11-12-13-14-15-16-17-18-19-21-22(3,4)20-6-2;/h5-21H2,1-4H3;1H/q+1;/p-1. The highest BCUT2D eigenvalue weighted by atomic mass is 127. The highest BCUT2D eigenvalue weighted by Gasteiger charge is 2.11. The molecule has 0 saturated carbocycles. The maximum Gasteiger partial charge on any atom is 0.0782 e. The van der Waals surface area contributed by atoms with Gasteiger partial charge in [0.05, 0.1) is 27.2 Å². The summed E-state index contributed by atoms with van der Waals surface area (Å²) in [6.45, 7) is 7.29. The fourth-order valence-corrected chi connectivity index (χ4v) is 3.45. The molecular formula is C21H46IN. The van der Waals surface area contributed by atoms with Gasteiger partial charge in [0.15, 0.2) is 0 Å². The van der Waals surface area contributed by atoms with Crippen LogP contribution in [0.5, 0.6) is 0 Å². The topological polar surface area (TPSA) is 0 Å². The predicted octanol–water partition coefficient (Wildman–Crippen LogP) is 3.96. The van der Waals surface area contributed by atoms with Crippen LogP contribution < -0.4 is 24.0 Å². The first-order chi connectivity index (χ1) is 10.6. The zero-order valence-electron chi connectivity index (χ0n) is 16.8. The molecule has 1 nitrogen and oxygen atoms in total. The lowest BCUT2D eigenvalue weighted by molar-refractivity contribution is -0.890. The minimum Gasteiger partial charge on any atom is -1.00 e. The van der Waals surface area contributed by atoms with Crippen LogP contribution in [0, 0.1) is 0 Å². The highest BCUT2D eigenvalue weighted by Crippen LogP contribution is 2.13. The van der Waals surface area contributed by atoms with Gasteiger partial charge >= 0.3 is 0 Å². The van der Waals surface area contributed by atoms with E-state index in [-0.39, 0.29) is 24.0 Å². The van der Waals surface area contributed by atoms with Crippen molar-refractivity contribution >= 4 is 0 Å². The number of quaternary nitrogens is 1. The van der Waals surface area contributed by atoms with Crippen molar-refractivity contribution in [1.29, 1.82) is 0 Å². The van der Waals surface area contributed by atoms with Gasteiger partial charge in [-0.2, -0.15) is 0 Å². The predicted molar refractivity (Wildman–Crippen MR) is 102 cm³/mol. The number of hydrogen-bond donors (Lipinski definition) is 0. The molecule has 0 radical (unpaired) electrons. The maximum absolute atomic E-state index is 2.38. The molecule has 0 aromatic carbocycles. The Morgan fingerprint density at radius 1 is 0.435 bits per heavy atom. The van der Waals surface area contributed by atoms with Crippen LogP contribution in [0.25, 0.3) is 0 Å². The molecule has 0 bridgehead atoms. The summed E-state index contributed by atoms with van der Waals surface area (Å²) in [4.78, 5) is 0. The molecule has 0 aliphatic heterocycles. The lowest BCUT2D eigenvalue weighted by atomic mass is 10.0. The van der Waals surface area contributed by atoms with Gasteiger partial charge in [-0.15, -0.1) is 0 Å². The van der Waals surface area contributed by atoms with Gasteiger partial charge in [-0.3, -0.25) is 0 Å². The van der Waals surface area contributed by atoms with Crippen molar-refractivity contribution in [2.24, 2.45) is 0 Å². The molecule has 0 unspecified atom stereocenters. The first-order valence-corrected chi connectivity index (χ1v) is 10.4. The zero-order chi connectivity index (χ0) is 16.5. The summed E-state index contributed by atoms with van der Waals surface area (Å²) < 4.78 is 1.22. The fourth-order valence-electron chi connectivity index (χ4n) is 3.45. The van der Waals surface area contributed by atoms with Gasteiger partial charge in [0.2, 0.25) is 0 Å². The third kappa shape index (κ3) is 20.6. The smallest absolute Gasteiger partial charge is 0.0782 e. The molecule has 0 N–H and O–H groups in total. The van der Waals surface area contributed by atoms with E-state index in [9.17, 15) is 0 Å². The second kappa shape index (κ2) is 19.0. The molecule has 142 valence electrons. The Morgan fingerprint density at radius 2 is 0.783 bits per heavy atom. The largest absolute Gasteiger partial charge is 1.00 e. The summed E-state index contributed by atoms with van der Waals surface area (Å²) >= 11 is 0. The molecule has 0 amide bonds. The maximum atomic E-state index is 2.38.